The average molecular weight is 600 g/mol. The van der Waals surface area contributed by atoms with Crippen molar-refractivity contribution in [3.8, 4) is 0 Å². The van der Waals surface area contributed by atoms with Crippen LogP contribution in [0.4, 0.5) is 50.0 Å². The number of fused-ring (bicyclic) bond motifs is 1. The molecule has 0 radical (unpaired) electrons. The number of nitrogens with zero attached hydrogens (tertiary/aromatic N) is 2. The quantitative estimate of drug-likeness (QED) is 0.237. The summed E-state index contributed by atoms with van der Waals surface area (Å²) in [7, 11) is 0.925. The van der Waals surface area contributed by atoms with E-state index in [1.807, 2.05) is 0 Å². The fraction of sp³-hybridized carbons (Fsp3) is 0.462. The fourth-order valence-corrected chi connectivity index (χ4v) is 4.80. The van der Waals surface area contributed by atoms with Gasteiger partial charge in [-0.05, 0) is 60.4 Å². The maximum atomic E-state index is 13.7. The maximum absolute atomic E-state index is 13.7. The Balaban J connectivity index is 2.15. The van der Waals surface area contributed by atoms with Gasteiger partial charge < -0.3 is 14.4 Å². The van der Waals surface area contributed by atoms with E-state index in [2.05, 4.69) is 0 Å². The molecule has 0 N–H and O–H groups in total. The van der Waals surface area contributed by atoms with E-state index in [1.165, 1.54) is 0 Å². The molecule has 0 aliphatic carbocycles. The van der Waals surface area contributed by atoms with Gasteiger partial charge in [-0.25, -0.2) is 4.79 Å². The van der Waals surface area contributed by atoms with Crippen LogP contribution in [0.15, 0.2) is 36.4 Å². The van der Waals surface area contributed by atoms with Crippen LogP contribution in [0.25, 0.3) is 0 Å². The Labute approximate surface area is 228 Å². The molecule has 0 fully saturated rings. The van der Waals surface area contributed by atoms with E-state index in [9.17, 15) is 49.1 Å². The number of hydrogen-bond donors (Lipinski definition) is 0. The van der Waals surface area contributed by atoms with Crippen LogP contribution in [0, 0.1) is 0 Å². The SMILES string of the molecule is CCC(COC=O)N1CCC(N(Cc2cc(C(F)(F)F)cc(C(F)(F)F)c2)C(=O)OC)c2cc(C(F)(F)F)ccc21. The van der Waals surface area contributed by atoms with Gasteiger partial charge >= 0.3 is 24.6 Å². The molecule has 226 valence electrons. The van der Waals surface area contributed by atoms with E-state index < -0.39 is 65.5 Å². The summed E-state index contributed by atoms with van der Waals surface area (Å²) in [5.41, 5.74) is -4.68. The number of carbonyl (C=O) groups is 2. The van der Waals surface area contributed by atoms with Gasteiger partial charge in [0.1, 0.15) is 6.61 Å². The Hall–Kier alpha value is -3.65. The number of amides is 1. The number of halogens is 9. The smallest absolute Gasteiger partial charge is 0.416 e. The van der Waals surface area contributed by atoms with Crippen LogP contribution >= 0.6 is 0 Å². The predicted octanol–water partition coefficient (Wildman–Crippen LogP) is 7.21. The predicted molar refractivity (Wildman–Crippen MR) is 127 cm³/mol. The molecule has 0 saturated heterocycles. The molecule has 0 aromatic heterocycles. The summed E-state index contributed by atoms with van der Waals surface area (Å²) in [6, 6.07) is 1.88. The highest BCUT2D eigenvalue weighted by molar-refractivity contribution is 5.70. The Morgan fingerprint density at radius 3 is 2.05 bits per heavy atom. The molecule has 1 amide bonds. The highest BCUT2D eigenvalue weighted by atomic mass is 19.4. The van der Waals surface area contributed by atoms with Crippen molar-refractivity contribution in [1.29, 1.82) is 0 Å². The minimum atomic E-state index is -5.15. The third-order valence-electron chi connectivity index (χ3n) is 6.72. The molecule has 2 unspecified atom stereocenters. The summed E-state index contributed by atoms with van der Waals surface area (Å²) < 4.78 is 131. The molecule has 2 aromatic rings. The lowest BCUT2D eigenvalue weighted by atomic mass is 9.91. The number of rotatable bonds is 8. The number of carbonyl (C=O) groups excluding carboxylic acids is 2. The highest BCUT2D eigenvalue weighted by Gasteiger charge is 2.40. The zero-order chi connectivity index (χ0) is 30.8. The van der Waals surface area contributed by atoms with E-state index in [-0.39, 0.29) is 43.4 Å². The van der Waals surface area contributed by atoms with Crippen molar-refractivity contribution in [3.05, 3.63) is 64.2 Å². The number of alkyl halides is 9. The Morgan fingerprint density at radius 1 is 0.976 bits per heavy atom. The molecule has 0 saturated carbocycles. The van der Waals surface area contributed by atoms with E-state index in [1.54, 1.807) is 11.8 Å². The first kappa shape index (κ1) is 31.9. The molecule has 1 heterocycles. The zero-order valence-corrected chi connectivity index (χ0v) is 21.7. The van der Waals surface area contributed by atoms with E-state index in [0.717, 1.165) is 30.2 Å². The highest BCUT2D eigenvalue weighted by Crippen LogP contribution is 2.43. The molecule has 1 aliphatic rings. The lowest BCUT2D eigenvalue weighted by Gasteiger charge is -2.43. The summed E-state index contributed by atoms with van der Waals surface area (Å²) in [4.78, 5) is 26.1. The molecular formula is C26H25F9N2O4. The van der Waals surface area contributed by atoms with Gasteiger partial charge in [0.2, 0.25) is 0 Å². The van der Waals surface area contributed by atoms with Crippen LogP contribution < -0.4 is 4.90 Å². The van der Waals surface area contributed by atoms with Crippen LogP contribution in [0.3, 0.4) is 0 Å². The summed E-state index contributed by atoms with van der Waals surface area (Å²) in [6.07, 6.45) is -15.9. The number of benzene rings is 2. The first-order valence-electron chi connectivity index (χ1n) is 12.2. The van der Waals surface area contributed by atoms with Gasteiger partial charge in [0.05, 0.1) is 35.9 Å². The molecule has 1 aliphatic heterocycles. The van der Waals surface area contributed by atoms with Crippen LogP contribution in [-0.4, -0.2) is 43.8 Å². The summed E-state index contributed by atoms with van der Waals surface area (Å²) in [5, 5.41) is 0. The minimum Gasteiger partial charge on any atom is -0.466 e. The largest absolute Gasteiger partial charge is 0.466 e. The van der Waals surface area contributed by atoms with E-state index >= 15 is 0 Å². The molecule has 2 aromatic carbocycles. The monoisotopic (exact) mass is 600 g/mol. The minimum absolute atomic E-state index is 0.0518. The number of anilines is 1. The molecular weight excluding hydrogens is 575 g/mol. The van der Waals surface area contributed by atoms with Crippen molar-refractivity contribution in [3.63, 3.8) is 0 Å². The van der Waals surface area contributed by atoms with Crippen molar-refractivity contribution >= 4 is 18.3 Å². The van der Waals surface area contributed by atoms with Gasteiger partial charge in [0.15, 0.2) is 0 Å². The van der Waals surface area contributed by atoms with Crippen molar-refractivity contribution in [2.24, 2.45) is 0 Å². The maximum Gasteiger partial charge on any atom is 0.416 e. The van der Waals surface area contributed by atoms with Crippen LogP contribution in [0.2, 0.25) is 0 Å². The molecule has 3 rings (SSSR count). The van der Waals surface area contributed by atoms with Crippen LogP contribution in [0.5, 0.6) is 0 Å². The number of hydrogen-bond acceptors (Lipinski definition) is 5. The molecule has 0 bridgehead atoms. The summed E-state index contributed by atoms with van der Waals surface area (Å²) in [6.45, 7) is 1.14. The molecule has 41 heavy (non-hydrogen) atoms. The van der Waals surface area contributed by atoms with Crippen LogP contribution in [0.1, 0.15) is 53.6 Å². The van der Waals surface area contributed by atoms with Crippen molar-refractivity contribution < 1.29 is 58.6 Å². The normalized spacial score (nSPS) is 16.6. The third-order valence-corrected chi connectivity index (χ3v) is 6.72. The Kier molecular flexibility index (Phi) is 9.38. The number of methoxy groups -OCH3 is 1. The van der Waals surface area contributed by atoms with Crippen molar-refractivity contribution in [1.82, 2.24) is 4.90 Å². The first-order valence-corrected chi connectivity index (χ1v) is 12.2. The third kappa shape index (κ3) is 7.36. The van der Waals surface area contributed by atoms with Gasteiger partial charge in [0, 0.05) is 18.8 Å². The van der Waals surface area contributed by atoms with Gasteiger partial charge in [-0.15, -0.1) is 0 Å². The lowest BCUT2D eigenvalue weighted by molar-refractivity contribution is -0.143. The van der Waals surface area contributed by atoms with Gasteiger partial charge in [-0.2, -0.15) is 39.5 Å². The summed E-state index contributed by atoms with van der Waals surface area (Å²) in [5.74, 6) is 0. The van der Waals surface area contributed by atoms with Gasteiger partial charge in [-0.3, -0.25) is 9.69 Å². The number of ether oxygens (including phenoxy) is 2. The molecule has 6 nitrogen and oxygen atoms in total. The lowest BCUT2D eigenvalue weighted by Crippen LogP contribution is -2.46. The van der Waals surface area contributed by atoms with Crippen molar-refractivity contribution in [2.75, 3.05) is 25.2 Å². The first-order chi connectivity index (χ1) is 19.0. The molecule has 15 heteroatoms. The standard InChI is InChI=1S/C26H25F9N2O4/c1-3-19(13-41-14-38)36-7-6-22(20-11-16(24(27,28)29)4-5-21(20)36)37(23(39)40-2)12-15-8-17(25(30,31)32)10-18(9-15)26(33,34)35/h4-5,8-11,14,19,22H,3,6-7,12-13H2,1-2H3. The second kappa shape index (κ2) is 12.1. The molecule has 2 atom stereocenters. The molecule has 0 spiro atoms. The van der Waals surface area contributed by atoms with Gasteiger partial charge in [-0.1, -0.05) is 6.92 Å². The topological polar surface area (TPSA) is 59.1 Å². The average Bonchev–Trinajstić information content (AvgIpc) is 2.89. The van der Waals surface area contributed by atoms with E-state index in [0.29, 0.717) is 18.6 Å². The fourth-order valence-electron chi connectivity index (χ4n) is 4.80. The second-order valence-corrected chi connectivity index (χ2v) is 9.27. The van der Waals surface area contributed by atoms with Crippen LogP contribution in [-0.2, 0) is 39.3 Å². The van der Waals surface area contributed by atoms with Crippen molar-refractivity contribution in [2.45, 2.75) is 56.9 Å². The summed E-state index contributed by atoms with van der Waals surface area (Å²) >= 11 is 0. The Bertz CT molecular complexity index is 1210. The zero-order valence-electron chi connectivity index (χ0n) is 21.7. The second-order valence-electron chi connectivity index (χ2n) is 9.27. The van der Waals surface area contributed by atoms with Gasteiger partial charge in [0.25, 0.3) is 6.47 Å². The van der Waals surface area contributed by atoms with E-state index in [4.69, 9.17) is 9.47 Å². The Morgan fingerprint density at radius 2 is 1.56 bits per heavy atom.